The minimum absolute atomic E-state index is 0.0705. The molecule has 0 aliphatic carbocycles. The average molecular weight is 333 g/mol. The molecule has 0 N–H and O–H groups in total. The molecule has 1 aliphatic rings. The molecule has 0 bridgehead atoms. The minimum atomic E-state index is -0.392. The van der Waals surface area contributed by atoms with E-state index in [-0.39, 0.29) is 5.69 Å². The van der Waals surface area contributed by atoms with Gasteiger partial charge in [0.05, 0.1) is 10.6 Å². The highest BCUT2D eigenvalue weighted by atomic mass is 32.1. The Morgan fingerprint density at radius 1 is 1.04 bits per heavy atom. The second-order valence-electron chi connectivity index (χ2n) is 5.64. The Kier molecular flexibility index (Phi) is 4.16. The molecule has 2 aromatic rings. The van der Waals surface area contributed by atoms with Crippen LogP contribution in [0.1, 0.15) is 16.3 Å². The summed E-state index contributed by atoms with van der Waals surface area (Å²) in [7, 11) is 0. The van der Waals surface area contributed by atoms with Gasteiger partial charge in [0.25, 0.3) is 5.69 Å². The molecular formula is C15H19N5O2S. The number of pyridine rings is 1. The van der Waals surface area contributed by atoms with E-state index < -0.39 is 4.92 Å². The van der Waals surface area contributed by atoms with Crippen LogP contribution in [0.3, 0.4) is 0 Å². The van der Waals surface area contributed by atoms with E-state index in [9.17, 15) is 10.1 Å². The van der Waals surface area contributed by atoms with E-state index in [0.29, 0.717) is 5.69 Å². The first-order chi connectivity index (χ1) is 11.0. The lowest BCUT2D eigenvalue weighted by molar-refractivity contribution is -0.385. The third kappa shape index (κ3) is 3.12. The Bertz CT molecular complexity index is 718. The van der Waals surface area contributed by atoms with Crippen molar-refractivity contribution < 1.29 is 4.92 Å². The number of nitro groups is 1. The lowest BCUT2D eigenvalue weighted by atomic mass is 10.2. The molecule has 0 spiro atoms. The number of nitrogens with zero attached hydrogens (tertiary/aromatic N) is 5. The highest BCUT2D eigenvalue weighted by molar-refractivity contribution is 7.15. The smallest absolute Gasteiger partial charge is 0.290 e. The predicted molar refractivity (Wildman–Crippen MR) is 91.6 cm³/mol. The van der Waals surface area contributed by atoms with E-state index in [4.69, 9.17) is 0 Å². The standard InChI is InChI=1S/C15H19N5O2S/c1-10-12(3)23-15(17-10)19-8-6-18(7-9-19)14-5-4-13(20(21)22)11(2)16-14/h4-5H,6-9H2,1-3H3. The molecule has 2 aromatic heterocycles. The van der Waals surface area contributed by atoms with E-state index >= 15 is 0 Å². The lowest BCUT2D eigenvalue weighted by Gasteiger charge is -2.35. The molecule has 0 unspecified atom stereocenters. The zero-order chi connectivity index (χ0) is 16.6. The molecule has 1 aliphatic heterocycles. The van der Waals surface area contributed by atoms with Crippen molar-refractivity contribution in [1.82, 2.24) is 9.97 Å². The summed E-state index contributed by atoms with van der Waals surface area (Å²) in [6.07, 6.45) is 0. The summed E-state index contributed by atoms with van der Waals surface area (Å²) in [5.74, 6) is 0.805. The van der Waals surface area contributed by atoms with Crippen molar-refractivity contribution in [3.63, 3.8) is 0 Å². The van der Waals surface area contributed by atoms with Crippen molar-refractivity contribution in [1.29, 1.82) is 0 Å². The molecule has 7 nitrogen and oxygen atoms in total. The van der Waals surface area contributed by atoms with Crippen LogP contribution in [0.5, 0.6) is 0 Å². The van der Waals surface area contributed by atoms with Crippen LogP contribution >= 0.6 is 11.3 Å². The number of thiazole rings is 1. The van der Waals surface area contributed by atoms with Gasteiger partial charge in [-0.25, -0.2) is 9.97 Å². The normalized spacial score (nSPS) is 15.1. The van der Waals surface area contributed by atoms with Gasteiger partial charge in [0, 0.05) is 37.1 Å². The third-order valence-electron chi connectivity index (χ3n) is 4.13. The summed E-state index contributed by atoms with van der Waals surface area (Å²) >= 11 is 1.73. The molecule has 3 heterocycles. The van der Waals surface area contributed by atoms with E-state index in [1.807, 2.05) is 6.92 Å². The Balaban J connectivity index is 1.69. The van der Waals surface area contributed by atoms with Crippen LogP contribution in [0.25, 0.3) is 0 Å². The average Bonchev–Trinajstić information content (AvgIpc) is 2.86. The number of anilines is 2. The van der Waals surface area contributed by atoms with Gasteiger partial charge in [-0.05, 0) is 26.8 Å². The summed E-state index contributed by atoms with van der Waals surface area (Å²) in [6, 6.07) is 3.27. The quantitative estimate of drug-likeness (QED) is 0.635. The third-order valence-corrected chi connectivity index (χ3v) is 5.26. The van der Waals surface area contributed by atoms with Gasteiger partial charge >= 0.3 is 0 Å². The van der Waals surface area contributed by atoms with Crippen molar-refractivity contribution in [2.45, 2.75) is 20.8 Å². The van der Waals surface area contributed by atoms with E-state index in [1.165, 1.54) is 10.9 Å². The minimum Gasteiger partial charge on any atom is -0.353 e. The Morgan fingerprint density at radius 2 is 1.70 bits per heavy atom. The van der Waals surface area contributed by atoms with Crippen molar-refractivity contribution >= 4 is 28.0 Å². The van der Waals surface area contributed by atoms with Gasteiger partial charge in [0.2, 0.25) is 0 Å². The van der Waals surface area contributed by atoms with Gasteiger partial charge < -0.3 is 9.80 Å². The fourth-order valence-electron chi connectivity index (χ4n) is 2.63. The van der Waals surface area contributed by atoms with Gasteiger partial charge in [0.15, 0.2) is 5.13 Å². The molecule has 0 saturated carbocycles. The molecule has 0 aromatic carbocycles. The van der Waals surface area contributed by atoms with Gasteiger partial charge in [-0.2, -0.15) is 0 Å². The fourth-order valence-corrected chi connectivity index (χ4v) is 3.59. The second kappa shape index (κ2) is 6.11. The lowest BCUT2D eigenvalue weighted by Crippen LogP contribution is -2.46. The molecule has 3 rings (SSSR count). The summed E-state index contributed by atoms with van der Waals surface area (Å²) in [4.78, 5) is 25.2. The first-order valence-electron chi connectivity index (χ1n) is 7.51. The predicted octanol–water partition coefficient (Wildman–Crippen LogP) is 2.70. The summed E-state index contributed by atoms with van der Waals surface area (Å²) in [6.45, 7) is 9.24. The number of aromatic nitrogens is 2. The highest BCUT2D eigenvalue weighted by Crippen LogP contribution is 2.27. The molecule has 0 atom stereocenters. The molecule has 8 heteroatoms. The zero-order valence-electron chi connectivity index (χ0n) is 13.4. The largest absolute Gasteiger partial charge is 0.353 e. The van der Waals surface area contributed by atoms with Gasteiger partial charge in [0.1, 0.15) is 11.5 Å². The number of hydrogen-bond donors (Lipinski definition) is 0. The van der Waals surface area contributed by atoms with Crippen LogP contribution in [0, 0.1) is 30.9 Å². The molecular weight excluding hydrogens is 314 g/mol. The molecule has 23 heavy (non-hydrogen) atoms. The SMILES string of the molecule is Cc1nc(N2CCN(c3nc(C)c(C)s3)CC2)ccc1[N+](=O)[O-]. The maximum Gasteiger partial charge on any atom is 0.290 e. The van der Waals surface area contributed by atoms with Crippen LogP contribution in [-0.4, -0.2) is 41.1 Å². The van der Waals surface area contributed by atoms with Crippen LogP contribution in [0.2, 0.25) is 0 Å². The van der Waals surface area contributed by atoms with Crippen LogP contribution < -0.4 is 9.80 Å². The zero-order valence-corrected chi connectivity index (χ0v) is 14.3. The Hall–Kier alpha value is -2.22. The van der Waals surface area contributed by atoms with Gasteiger partial charge in [-0.3, -0.25) is 10.1 Å². The first kappa shape index (κ1) is 15.7. The fraction of sp³-hybridized carbons (Fsp3) is 0.467. The van der Waals surface area contributed by atoms with Crippen molar-refractivity contribution in [2.75, 3.05) is 36.0 Å². The summed E-state index contributed by atoms with van der Waals surface area (Å²) < 4.78 is 0. The molecule has 122 valence electrons. The molecule has 0 amide bonds. The maximum absolute atomic E-state index is 10.9. The monoisotopic (exact) mass is 333 g/mol. The number of rotatable bonds is 3. The van der Waals surface area contributed by atoms with Crippen LogP contribution in [-0.2, 0) is 0 Å². The second-order valence-corrected chi connectivity index (χ2v) is 6.82. The van der Waals surface area contributed by atoms with Gasteiger partial charge in [-0.15, -0.1) is 11.3 Å². The van der Waals surface area contributed by atoms with Gasteiger partial charge in [-0.1, -0.05) is 0 Å². The van der Waals surface area contributed by atoms with Crippen LogP contribution in [0.15, 0.2) is 12.1 Å². The van der Waals surface area contributed by atoms with E-state index in [1.54, 1.807) is 24.3 Å². The number of aryl methyl sites for hydroxylation is 3. The molecule has 1 fully saturated rings. The Morgan fingerprint density at radius 3 is 2.22 bits per heavy atom. The van der Waals surface area contributed by atoms with Crippen molar-refractivity contribution in [2.24, 2.45) is 0 Å². The summed E-state index contributed by atoms with van der Waals surface area (Å²) in [5.41, 5.74) is 1.63. The number of hydrogen-bond acceptors (Lipinski definition) is 7. The molecule has 0 radical (unpaired) electrons. The van der Waals surface area contributed by atoms with E-state index in [0.717, 1.165) is 42.8 Å². The molecule has 1 saturated heterocycles. The maximum atomic E-state index is 10.9. The highest BCUT2D eigenvalue weighted by Gasteiger charge is 2.22. The van der Waals surface area contributed by atoms with Crippen LogP contribution in [0.4, 0.5) is 16.6 Å². The van der Waals surface area contributed by atoms with E-state index in [2.05, 4.69) is 26.7 Å². The van der Waals surface area contributed by atoms with Crippen molar-refractivity contribution in [3.8, 4) is 0 Å². The first-order valence-corrected chi connectivity index (χ1v) is 8.33. The van der Waals surface area contributed by atoms with Crippen molar-refractivity contribution in [3.05, 3.63) is 38.5 Å². The summed E-state index contributed by atoms with van der Waals surface area (Å²) in [5, 5.41) is 12.0. The Labute approximate surface area is 138 Å². The number of piperazine rings is 1. The topological polar surface area (TPSA) is 75.4 Å².